The monoisotopic (exact) mass is 417 g/mol. The minimum absolute atomic E-state index is 0.0728. The third kappa shape index (κ3) is 4.05. The van der Waals surface area contributed by atoms with E-state index in [1.165, 1.54) is 16.9 Å². The van der Waals surface area contributed by atoms with E-state index >= 15 is 0 Å². The number of rotatable bonds is 6. The van der Waals surface area contributed by atoms with Crippen LogP contribution in [0.2, 0.25) is 0 Å². The fourth-order valence-corrected chi connectivity index (χ4v) is 3.46. The van der Waals surface area contributed by atoms with Crippen molar-refractivity contribution in [3.63, 3.8) is 0 Å². The van der Waals surface area contributed by atoms with Crippen molar-refractivity contribution < 1.29 is 9.90 Å². The zero-order valence-electron chi connectivity index (χ0n) is 13.5. The SMILES string of the molecule is CCc1ccc(N(c2cc(CC(=O)O)c(Br)cn2)c2nccs2)cc1. The molecule has 2 heterocycles. The molecule has 0 atom stereocenters. The van der Waals surface area contributed by atoms with Crippen molar-refractivity contribution in [2.24, 2.45) is 0 Å². The van der Waals surface area contributed by atoms with E-state index in [9.17, 15) is 4.79 Å². The van der Waals surface area contributed by atoms with Gasteiger partial charge in [-0.15, -0.1) is 11.3 Å². The van der Waals surface area contributed by atoms with E-state index in [1.54, 1.807) is 18.5 Å². The van der Waals surface area contributed by atoms with Crippen molar-refractivity contribution in [1.29, 1.82) is 0 Å². The molecule has 3 aromatic rings. The highest BCUT2D eigenvalue weighted by Crippen LogP contribution is 2.35. The summed E-state index contributed by atoms with van der Waals surface area (Å²) >= 11 is 4.88. The van der Waals surface area contributed by atoms with E-state index in [0.717, 1.165) is 17.2 Å². The number of hydrogen-bond donors (Lipinski definition) is 1. The van der Waals surface area contributed by atoms with Gasteiger partial charge in [0.15, 0.2) is 5.13 Å². The van der Waals surface area contributed by atoms with Crippen LogP contribution in [-0.4, -0.2) is 21.0 Å². The van der Waals surface area contributed by atoms with Gasteiger partial charge in [0.1, 0.15) is 5.82 Å². The smallest absolute Gasteiger partial charge is 0.307 e. The second-order valence-corrected chi connectivity index (χ2v) is 7.10. The van der Waals surface area contributed by atoms with Crippen LogP contribution < -0.4 is 4.90 Å². The first-order chi connectivity index (χ1) is 12.1. The van der Waals surface area contributed by atoms with Gasteiger partial charge in [-0.1, -0.05) is 19.1 Å². The maximum Gasteiger partial charge on any atom is 0.307 e. The highest BCUT2D eigenvalue weighted by molar-refractivity contribution is 9.10. The van der Waals surface area contributed by atoms with E-state index in [0.29, 0.717) is 15.9 Å². The molecule has 2 aromatic heterocycles. The molecule has 128 valence electrons. The zero-order valence-corrected chi connectivity index (χ0v) is 15.9. The van der Waals surface area contributed by atoms with Crippen LogP contribution in [0.1, 0.15) is 18.1 Å². The van der Waals surface area contributed by atoms with Gasteiger partial charge in [0.2, 0.25) is 0 Å². The number of aryl methyl sites for hydroxylation is 1. The third-order valence-electron chi connectivity index (χ3n) is 3.70. The van der Waals surface area contributed by atoms with E-state index in [1.807, 2.05) is 22.4 Å². The summed E-state index contributed by atoms with van der Waals surface area (Å²) in [4.78, 5) is 21.9. The third-order valence-corrected chi connectivity index (χ3v) is 5.18. The van der Waals surface area contributed by atoms with E-state index < -0.39 is 5.97 Å². The Balaban J connectivity index is 2.07. The Labute approximate surface area is 158 Å². The molecule has 1 N–H and O–H groups in total. The van der Waals surface area contributed by atoms with Crippen molar-refractivity contribution in [2.75, 3.05) is 4.90 Å². The summed E-state index contributed by atoms with van der Waals surface area (Å²) in [5.41, 5.74) is 2.85. The lowest BCUT2D eigenvalue weighted by molar-refractivity contribution is -0.136. The van der Waals surface area contributed by atoms with Crippen LogP contribution in [0.15, 0.2) is 52.6 Å². The minimum Gasteiger partial charge on any atom is -0.481 e. The zero-order chi connectivity index (χ0) is 17.8. The standard InChI is InChI=1S/C18H16BrN3O2S/c1-2-12-3-5-14(6-4-12)22(18-20-7-8-25-18)16-9-13(10-17(23)24)15(19)11-21-16/h3-9,11H,2,10H2,1H3,(H,23,24). The highest BCUT2D eigenvalue weighted by Gasteiger charge is 2.18. The Morgan fingerprint density at radius 1 is 1.28 bits per heavy atom. The number of thiazole rings is 1. The molecule has 0 saturated heterocycles. The predicted molar refractivity (Wildman–Crippen MR) is 103 cm³/mol. The molecule has 5 nitrogen and oxygen atoms in total. The molecular formula is C18H16BrN3O2S. The van der Waals surface area contributed by atoms with Crippen molar-refractivity contribution in [1.82, 2.24) is 9.97 Å². The van der Waals surface area contributed by atoms with Gasteiger partial charge < -0.3 is 5.11 Å². The Morgan fingerprint density at radius 2 is 2.04 bits per heavy atom. The molecule has 0 amide bonds. The first-order valence-electron chi connectivity index (χ1n) is 7.73. The van der Waals surface area contributed by atoms with Gasteiger partial charge in [-0.05, 0) is 51.7 Å². The number of pyridine rings is 1. The lowest BCUT2D eigenvalue weighted by Gasteiger charge is -2.22. The van der Waals surface area contributed by atoms with Crippen LogP contribution >= 0.6 is 27.3 Å². The number of carboxylic acids is 1. The van der Waals surface area contributed by atoms with Crippen LogP contribution in [0, 0.1) is 0 Å². The summed E-state index contributed by atoms with van der Waals surface area (Å²) in [6, 6.07) is 9.99. The van der Waals surface area contributed by atoms with Gasteiger partial charge in [0.05, 0.1) is 6.42 Å². The summed E-state index contributed by atoms with van der Waals surface area (Å²) in [6.07, 6.45) is 4.27. The molecule has 3 rings (SSSR count). The first-order valence-corrected chi connectivity index (χ1v) is 9.40. The number of nitrogens with zero attached hydrogens (tertiary/aromatic N) is 3. The number of aliphatic carboxylic acids is 1. The molecule has 0 aliphatic heterocycles. The van der Waals surface area contributed by atoms with E-state index in [2.05, 4.69) is 45.0 Å². The Kier molecular flexibility index (Phi) is 5.45. The second-order valence-electron chi connectivity index (χ2n) is 5.37. The van der Waals surface area contributed by atoms with Crippen molar-refractivity contribution >= 4 is 49.9 Å². The number of halogens is 1. The van der Waals surface area contributed by atoms with Crippen molar-refractivity contribution in [3.8, 4) is 0 Å². The van der Waals surface area contributed by atoms with Gasteiger partial charge in [-0.3, -0.25) is 9.69 Å². The van der Waals surface area contributed by atoms with Crippen LogP contribution in [-0.2, 0) is 17.6 Å². The average molecular weight is 418 g/mol. The van der Waals surface area contributed by atoms with Crippen LogP contribution in [0.4, 0.5) is 16.6 Å². The minimum atomic E-state index is -0.883. The van der Waals surface area contributed by atoms with Crippen molar-refractivity contribution in [3.05, 3.63) is 63.7 Å². The van der Waals surface area contributed by atoms with Crippen LogP contribution in [0.25, 0.3) is 0 Å². The van der Waals surface area contributed by atoms with Gasteiger partial charge >= 0.3 is 5.97 Å². The van der Waals surface area contributed by atoms with Gasteiger partial charge in [-0.25, -0.2) is 9.97 Å². The molecule has 25 heavy (non-hydrogen) atoms. The lowest BCUT2D eigenvalue weighted by atomic mass is 10.1. The second kappa shape index (κ2) is 7.76. The normalized spacial score (nSPS) is 10.6. The molecule has 1 aromatic carbocycles. The lowest BCUT2D eigenvalue weighted by Crippen LogP contribution is -2.12. The topological polar surface area (TPSA) is 66.3 Å². The largest absolute Gasteiger partial charge is 0.481 e. The van der Waals surface area contributed by atoms with E-state index in [-0.39, 0.29) is 6.42 Å². The number of aromatic nitrogens is 2. The number of hydrogen-bond acceptors (Lipinski definition) is 5. The van der Waals surface area contributed by atoms with Crippen LogP contribution in [0.5, 0.6) is 0 Å². The molecule has 0 radical (unpaired) electrons. The molecule has 0 saturated carbocycles. The fraction of sp³-hybridized carbons (Fsp3) is 0.167. The molecule has 0 spiro atoms. The number of anilines is 3. The molecule has 7 heteroatoms. The van der Waals surface area contributed by atoms with E-state index in [4.69, 9.17) is 5.11 Å². The predicted octanol–water partition coefficient (Wildman–Crippen LogP) is 4.96. The number of carboxylic acid groups (broad SMARTS) is 1. The summed E-state index contributed by atoms with van der Waals surface area (Å²) in [6.45, 7) is 2.11. The molecule has 0 unspecified atom stereocenters. The average Bonchev–Trinajstić information content (AvgIpc) is 3.12. The van der Waals surface area contributed by atoms with Gasteiger partial charge in [0.25, 0.3) is 0 Å². The summed E-state index contributed by atoms with van der Waals surface area (Å²) in [5, 5.41) is 11.8. The summed E-state index contributed by atoms with van der Waals surface area (Å²) in [5.74, 6) is -0.246. The number of benzene rings is 1. The van der Waals surface area contributed by atoms with Crippen molar-refractivity contribution in [2.45, 2.75) is 19.8 Å². The first kappa shape index (κ1) is 17.6. The van der Waals surface area contributed by atoms with Crippen LogP contribution in [0.3, 0.4) is 0 Å². The Morgan fingerprint density at radius 3 is 2.64 bits per heavy atom. The summed E-state index contributed by atoms with van der Waals surface area (Å²) in [7, 11) is 0. The quantitative estimate of drug-likeness (QED) is 0.613. The maximum absolute atomic E-state index is 11.1. The highest BCUT2D eigenvalue weighted by atomic mass is 79.9. The Bertz CT molecular complexity index is 867. The molecule has 0 bridgehead atoms. The summed E-state index contributed by atoms with van der Waals surface area (Å²) < 4.78 is 0.680. The molecular weight excluding hydrogens is 402 g/mol. The van der Waals surface area contributed by atoms with Gasteiger partial charge in [0, 0.05) is 27.9 Å². The fourth-order valence-electron chi connectivity index (χ4n) is 2.44. The number of carbonyl (C=O) groups is 1. The molecule has 0 aliphatic rings. The Hall–Kier alpha value is -2.25. The molecule has 0 aliphatic carbocycles. The molecule has 0 fully saturated rings. The van der Waals surface area contributed by atoms with Gasteiger partial charge in [-0.2, -0.15) is 0 Å². The maximum atomic E-state index is 11.1.